The van der Waals surface area contributed by atoms with Crippen molar-refractivity contribution in [1.82, 2.24) is 0 Å². The van der Waals surface area contributed by atoms with Gasteiger partial charge in [-0.15, -0.1) is 11.6 Å². The van der Waals surface area contributed by atoms with Gasteiger partial charge >= 0.3 is 0 Å². The lowest BCUT2D eigenvalue weighted by Gasteiger charge is -2.09. The van der Waals surface area contributed by atoms with Crippen LogP contribution in [0, 0.1) is 0 Å². The first-order valence-electron chi connectivity index (χ1n) is 4.80. The molecule has 1 aromatic rings. The van der Waals surface area contributed by atoms with Gasteiger partial charge in [-0.05, 0) is 40.2 Å². The maximum Gasteiger partial charge on any atom is 0.170 e. The maximum atomic E-state index is 11.1. The first-order valence-corrected chi connectivity index (χ1v) is 6.13. The number of carbonyl (C=O) groups excluding carboxylic acids is 1. The highest BCUT2D eigenvalue weighted by molar-refractivity contribution is 9.10. The van der Waals surface area contributed by atoms with Crippen LogP contribution < -0.4 is 9.47 Å². The van der Waals surface area contributed by atoms with Crippen molar-refractivity contribution in [3.8, 4) is 11.5 Å². The maximum absolute atomic E-state index is 11.1. The van der Waals surface area contributed by atoms with E-state index in [0.717, 1.165) is 10.0 Å². The summed E-state index contributed by atoms with van der Waals surface area (Å²) in [6.45, 7) is 0. The van der Waals surface area contributed by atoms with Gasteiger partial charge in [-0.3, -0.25) is 4.79 Å². The summed E-state index contributed by atoms with van der Waals surface area (Å²) >= 11 is 8.77. The van der Waals surface area contributed by atoms with E-state index in [1.54, 1.807) is 32.4 Å². The minimum atomic E-state index is -0.157. The molecule has 0 aliphatic heterocycles. The van der Waals surface area contributed by atoms with Gasteiger partial charge in [0, 0.05) is 5.56 Å². The topological polar surface area (TPSA) is 35.5 Å². The molecule has 0 aliphatic carbocycles. The molecule has 1 rings (SSSR count). The predicted molar refractivity (Wildman–Crippen MR) is 72.0 cm³/mol. The van der Waals surface area contributed by atoms with Gasteiger partial charge in [-0.25, -0.2) is 0 Å². The van der Waals surface area contributed by atoms with Gasteiger partial charge in [0.2, 0.25) is 0 Å². The normalized spacial score (nSPS) is 10.6. The van der Waals surface area contributed by atoms with E-state index in [1.165, 1.54) is 6.08 Å². The Hall–Kier alpha value is -1.00. The van der Waals surface area contributed by atoms with E-state index in [0.29, 0.717) is 11.5 Å². The molecule has 0 N–H and O–H groups in total. The van der Waals surface area contributed by atoms with Crippen LogP contribution in [-0.2, 0) is 4.79 Å². The highest BCUT2D eigenvalue weighted by atomic mass is 79.9. The quantitative estimate of drug-likeness (QED) is 0.617. The second-order valence-electron chi connectivity index (χ2n) is 3.16. The van der Waals surface area contributed by atoms with Gasteiger partial charge in [0.05, 0.1) is 24.6 Å². The molecule has 0 bridgehead atoms. The molecular formula is C12H12BrClO3. The lowest BCUT2D eigenvalue weighted by molar-refractivity contribution is -0.112. The van der Waals surface area contributed by atoms with Gasteiger partial charge in [-0.1, -0.05) is 0 Å². The fourth-order valence-electron chi connectivity index (χ4n) is 1.24. The summed E-state index contributed by atoms with van der Waals surface area (Å²) in [4.78, 5) is 11.1. The Morgan fingerprint density at radius 1 is 1.35 bits per heavy atom. The SMILES string of the molecule is COc1cc(/C=C/C(=O)CCl)c(OC)cc1Br. The third kappa shape index (κ3) is 3.75. The van der Waals surface area contributed by atoms with Crippen molar-refractivity contribution in [2.45, 2.75) is 0 Å². The molecule has 0 spiro atoms. The van der Waals surface area contributed by atoms with Crippen molar-refractivity contribution in [2.24, 2.45) is 0 Å². The van der Waals surface area contributed by atoms with Crippen LogP contribution in [0.3, 0.4) is 0 Å². The molecule has 0 amide bonds. The van der Waals surface area contributed by atoms with Crippen molar-refractivity contribution in [3.05, 3.63) is 28.2 Å². The molecular weight excluding hydrogens is 307 g/mol. The highest BCUT2D eigenvalue weighted by Crippen LogP contribution is 2.33. The third-order valence-electron chi connectivity index (χ3n) is 2.08. The fraction of sp³-hybridized carbons (Fsp3) is 0.250. The number of hydrogen-bond acceptors (Lipinski definition) is 3. The molecule has 0 aromatic heterocycles. The van der Waals surface area contributed by atoms with E-state index >= 15 is 0 Å². The lowest BCUT2D eigenvalue weighted by Crippen LogP contribution is -1.94. The van der Waals surface area contributed by atoms with Crippen molar-refractivity contribution < 1.29 is 14.3 Å². The number of carbonyl (C=O) groups is 1. The zero-order chi connectivity index (χ0) is 12.8. The summed E-state index contributed by atoms with van der Waals surface area (Å²) in [6, 6.07) is 3.56. The largest absolute Gasteiger partial charge is 0.496 e. The first-order chi connectivity index (χ1) is 8.12. The van der Waals surface area contributed by atoms with Crippen molar-refractivity contribution in [3.63, 3.8) is 0 Å². The molecule has 0 aliphatic rings. The van der Waals surface area contributed by atoms with E-state index in [-0.39, 0.29) is 11.7 Å². The van der Waals surface area contributed by atoms with Crippen molar-refractivity contribution in [2.75, 3.05) is 20.1 Å². The monoisotopic (exact) mass is 318 g/mol. The van der Waals surface area contributed by atoms with Crippen LogP contribution in [0.25, 0.3) is 6.08 Å². The standard InChI is InChI=1S/C12H12BrClO3/c1-16-11-6-10(13)12(17-2)5-8(11)3-4-9(15)7-14/h3-6H,7H2,1-2H3/b4-3+. The summed E-state index contributed by atoms with van der Waals surface area (Å²) in [7, 11) is 3.14. The van der Waals surface area contributed by atoms with Crippen LogP contribution in [-0.4, -0.2) is 25.9 Å². The van der Waals surface area contributed by atoms with Crippen molar-refractivity contribution in [1.29, 1.82) is 0 Å². The van der Waals surface area contributed by atoms with Crippen LogP contribution in [0.4, 0.5) is 0 Å². The van der Waals surface area contributed by atoms with Gasteiger partial charge in [0.1, 0.15) is 11.5 Å². The van der Waals surface area contributed by atoms with E-state index < -0.39 is 0 Å². The molecule has 5 heteroatoms. The molecule has 0 heterocycles. The van der Waals surface area contributed by atoms with Crippen molar-refractivity contribution >= 4 is 39.4 Å². The van der Waals surface area contributed by atoms with Crippen LogP contribution >= 0.6 is 27.5 Å². The van der Waals surface area contributed by atoms with Gasteiger partial charge in [-0.2, -0.15) is 0 Å². The Bertz CT molecular complexity index is 444. The summed E-state index contributed by atoms with van der Waals surface area (Å²) in [5.41, 5.74) is 0.756. The average Bonchev–Trinajstić information content (AvgIpc) is 2.36. The predicted octanol–water partition coefficient (Wildman–Crippen LogP) is 3.29. The molecule has 0 atom stereocenters. The zero-order valence-corrected chi connectivity index (χ0v) is 11.8. The zero-order valence-electron chi connectivity index (χ0n) is 9.50. The first kappa shape index (κ1) is 14.1. The molecule has 0 saturated carbocycles. The van der Waals surface area contributed by atoms with Crippen LogP contribution in [0.15, 0.2) is 22.7 Å². The Morgan fingerprint density at radius 2 is 2.00 bits per heavy atom. The minimum Gasteiger partial charge on any atom is -0.496 e. The number of ether oxygens (including phenoxy) is 2. The third-order valence-corrected chi connectivity index (χ3v) is 2.97. The highest BCUT2D eigenvalue weighted by Gasteiger charge is 2.07. The average molecular weight is 320 g/mol. The number of allylic oxidation sites excluding steroid dienone is 1. The van der Waals surface area contributed by atoms with Gasteiger partial charge in [0.25, 0.3) is 0 Å². The summed E-state index contributed by atoms with van der Waals surface area (Å²) in [5, 5.41) is 0. The second kappa shape index (κ2) is 6.67. The number of rotatable bonds is 5. The Balaban J connectivity index is 3.12. The van der Waals surface area contributed by atoms with Gasteiger partial charge in [0.15, 0.2) is 5.78 Å². The molecule has 0 radical (unpaired) electrons. The lowest BCUT2D eigenvalue weighted by atomic mass is 10.1. The molecule has 0 saturated heterocycles. The second-order valence-corrected chi connectivity index (χ2v) is 4.28. The number of alkyl halides is 1. The van der Waals surface area contributed by atoms with E-state index in [9.17, 15) is 4.79 Å². The van der Waals surface area contributed by atoms with Crippen LogP contribution in [0.1, 0.15) is 5.56 Å². The molecule has 17 heavy (non-hydrogen) atoms. The number of hydrogen-bond donors (Lipinski definition) is 0. The number of methoxy groups -OCH3 is 2. The molecule has 1 aromatic carbocycles. The van der Waals surface area contributed by atoms with E-state index in [1.807, 2.05) is 0 Å². The molecule has 0 unspecified atom stereocenters. The number of ketones is 1. The number of benzene rings is 1. The summed E-state index contributed by atoms with van der Waals surface area (Å²) in [5.74, 6) is 1.13. The van der Waals surface area contributed by atoms with E-state index in [2.05, 4.69) is 15.9 Å². The Morgan fingerprint density at radius 3 is 2.53 bits per heavy atom. The molecule has 0 fully saturated rings. The van der Waals surface area contributed by atoms with Crippen LogP contribution in [0.5, 0.6) is 11.5 Å². The number of halogens is 2. The Kier molecular flexibility index (Phi) is 5.51. The van der Waals surface area contributed by atoms with E-state index in [4.69, 9.17) is 21.1 Å². The molecule has 92 valence electrons. The fourth-order valence-corrected chi connectivity index (χ4v) is 1.81. The van der Waals surface area contributed by atoms with Crippen LogP contribution in [0.2, 0.25) is 0 Å². The Labute approximate surface area is 113 Å². The molecule has 3 nitrogen and oxygen atoms in total. The summed E-state index contributed by atoms with van der Waals surface area (Å²) < 4.78 is 11.2. The summed E-state index contributed by atoms with van der Waals surface area (Å²) in [6.07, 6.45) is 3.07. The smallest absolute Gasteiger partial charge is 0.170 e. The van der Waals surface area contributed by atoms with Gasteiger partial charge < -0.3 is 9.47 Å². The minimum absolute atomic E-state index is 0.0352.